The number of sulfone groups is 1. The van der Waals surface area contributed by atoms with Crippen molar-refractivity contribution in [1.82, 2.24) is 0 Å². The van der Waals surface area contributed by atoms with Gasteiger partial charge in [0.25, 0.3) is 0 Å². The van der Waals surface area contributed by atoms with Gasteiger partial charge >= 0.3 is 212 Å². The predicted molar refractivity (Wildman–Crippen MR) is 145 cm³/mol. The van der Waals surface area contributed by atoms with Crippen LogP contribution in [0.1, 0.15) is 12.0 Å². The Labute approximate surface area is 211 Å². The fourth-order valence-corrected chi connectivity index (χ4v) is 13.8. The van der Waals surface area contributed by atoms with E-state index in [2.05, 4.69) is 61.6 Å². The summed E-state index contributed by atoms with van der Waals surface area (Å²) in [5.41, 5.74) is 1.38. The van der Waals surface area contributed by atoms with Gasteiger partial charge in [-0.05, 0) is 0 Å². The monoisotopic (exact) mass is 558 g/mol. The van der Waals surface area contributed by atoms with Gasteiger partial charge in [0.2, 0.25) is 0 Å². The second-order valence-corrected chi connectivity index (χ2v) is 19.1. The van der Waals surface area contributed by atoms with Gasteiger partial charge in [0.1, 0.15) is 0 Å². The van der Waals surface area contributed by atoms with Gasteiger partial charge in [-0.1, -0.05) is 0 Å². The third-order valence-corrected chi connectivity index (χ3v) is 16.1. The molecule has 0 aliphatic heterocycles. The molecule has 0 radical (unpaired) electrons. The van der Waals surface area contributed by atoms with Crippen molar-refractivity contribution < 1.29 is 13.5 Å². The molecule has 1 N–H and O–H groups in total. The van der Waals surface area contributed by atoms with E-state index in [0.29, 0.717) is 16.9 Å². The van der Waals surface area contributed by atoms with E-state index in [4.69, 9.17) is 0 Å². The molecule has 1 aliphatic carbocycles. The zero-order chi connectivity index (χ0) is 24.3. The van der Waals surface area contributed by atoms with E-state index in [1.807, 2.05) is 31.2 Å². The van der Waals surface area contributed by atoms with Crippen molar-refractivity contribution in [2.24, 2.45) is 11.8 Å². The van der Waals surface area contributed by atoms with E-state index in [9.17, 15) is 13.5 Å². The van der Waals surface area contributed by atoms with Crippen LogP contribution in [0.25, 0.3) is 0 Å². The first-order chi connectivity index (χ1) is 16.2. The summed E-state index contributed by atoms with van der Waals surface area (Å²) in [5.74, 6) is -0.0302. The van der Waals surface area contributed by atoms with E-state index >= 15 is 0 Å². The number of hydrogen-bond donors (Lipinski definition) is 1. The molecular formula is C28H34O3SSeSi. The van der Waals surface area contributed by atoms with Crippen molar-refractivity contribution >= 4 is 42.5 Å². The molecule has 1 aliphatic rings. The second kappa shape index (κ2) is 10.5. The van der Waals surface area contributed by atoms with E-state index in [1.54, 1.807) is 12.1 Å². The van der Waals surface area contributed by atoms with Crippen molar-refractivity contribution in [1.29, 1.82) is 0 Å². The Kier molecular flexibility index (Phi) is 7.85. The Hall–Kier alpha value is -1.69. The average molecular weight is 558 g/mol. The van der Waals surface area contributed by atoms with Crippen LogP contribution in [-0.4, -0.2) is 48.4 Å². The first-order valence-electron chi connectivity index (χ1n) is 11.9. The van der Waals surface area contributed by atoms with Gasteiger partial charge < -0.3 is 0 Å². The van der Waals surface area contributed by atoms with Gasteiger partial charge in [0.15, 0.2) is 0 Å². The van der Waals surface area contributed by atoms with Crippen LogP contribution >= 0.6 is 0 Å². The molecule has 0 saturated heterocycles. The Morgan fingerprint density at radius 3 is 2.09 bits per heavy atom. The van der Waals surface area contributed by atoms with E-state index < -0.39 is 24.0 Å². The Morgan fingerprint density at radius 1 is 0.882 bits per heavy atom. The van der Waals surface area contributed by atoms with Crippen LogP contribution in [0.3, 0.4) is 0 Å². The normalized spacial score (nSPS) is 23.2. The molecule has 180 valence electrons. The molecule has 6 heteroatoms. The van der Waals surface area contributed by atoms with Crippen molar-refractivity contribution in [3.05, 3.63) is 90.5 Å². The third kappa shape index (κ3) is 5.58. The molecule has 1 saturated carbocycles. The summed E-state index contributed by atoms with van der Waals surface area (Å²) < 4.78 is 28.1. The topological polar surface area (TPSA) is 54.4 Å². The van der Waals surface area contributed by atoms with Crippen molar-refractivity contribution in [2.75, 3.05) is 5.75 Å². The molecule has 1 fully saturated rings. The maximum atomic E-state index is 13.4. The minimum atomic E-state index is -3.48. The van der Waals surface area contributed by atoms with Crippen molar-refractivity contribution in [3.8, 4) is 0 Å². The second-order valence-electron chi connectivity index (χ2n) is 10.0. The Morgan fingerprint density at radius 2 is 1.47 bits per heavy atom. The summed E-state index contributed by atoms with van der Waals surface area (Å²) in [5, 5.41) is 13.6. The summed E-state index contributed by atoms with van der Waals surface area (Å²) in [6.45, 7) is 6.73. The molecule has 4 rings (SSSR count). The first kappa shape index (κ1) is 25.4. The standard InChI is InChI=1S/C28H34O3SSeSi/c1-21-14-16-22(17-15-21)32(30,31)19-25-26(20-33-23-10-6-4-7-11-23)28(18-27(25)29)34(2,3)24-12-8-5-9-13-24/h4-17,25-29H,18-20H2,1-3H3/t25-,26+,27-,28+/m1/s1. The molecule has 0 bridgehead atoms. The zero-order valence-electron chi connectivity index (χ0n) is 20.1. The summed E-state index contributed by atoms with van der Waals surface area (Å²) in [7, 11) is -5.42. The Bertz CT molecular complexity index is 1180. The average Bonchev–Trinajstić information content (AvgIpc) is 3.14. The molecule has 0 spiro atoms. The molecule has 4 atom stereocenters. The van der Waals surface area contributed by atoms with Gasteiger partial charge in [-0.3, -0.25) is 0 Å². The predicted octanol–water partition coefficient (Wildman–Crippen LogP) is 4.20. The molecule has 3 aromatic carbocycles. The summed E-state index contributed by atoms with van der Waals surface area (Å²) >= 11 is 0.237. The van der Waals surface area contributed by atoms with Gasteiger partial charge in [-0.2, -0.15) is 0 Å². The van der Waals surface area contributed by atoms with Crippen LogP contribution in [0.15, 0.2) is 89.8 Å². The Balaban J connectivity index is 1.65. The van der Waals surface area contributed by atoms with E-state index in [1.165, 1.54) is 9.65 Å². The van der Waals surface area contributed by atoms with E-state index in [-0.39, 0.29) is 32.5 Å². The van der Waals surface area contributed by atoms with Crippen LogP contribution in [0.4, 0.5) is 0 Å². The summed E-state index contributed by atoms with van der Waals surface area (Å²) in [6.07, 6.45) is 0.106. The maximum absolute atomic E-state index is 13.4. The molecule has 34 heavy (non-hydrogen) atoms. The number of benzene rings is 3. The van der Waals surface area contributed by atoms with Gasteiger partial charge in [0, 0.05) is 0 Å². The quantitative estimate of drug-likeness (QED) is 0.423. The summed E-state index contributed by atoms with van der Waals surface area (Å²) in [6, 6.07) is 28.3. The number of rotatable bonds is 8. The van der Waals surface area contributed by atoms with Gasteiger partial charge in [-0.15, -0.1) is 0 Å². The van der Waals surface area contributed by atoms with Crippen LogP contribution in [0, 0.1) is 18.8 Å². The zero-order valence-corrected chi connectivity index (χ0v) is 23.6. The van der Waals surface area contributed by atoms with Crippen molar-refractivity contribution in [3.63, 3.8) is 0 Å². The minimum absolute atomic E-state index is 0.0164. The van der Waals surface area contributed by atoms with E-state index in [0.717, 1.165) is 10.9 Å². The van der Waals surface area contributed by atoms with Crippen LogP contribution in [-0.2, 0) is 9.84 Å². The SMILES string of the molecule is Cc1ccc(S(=O)(=O)C[C@@H]2[C@H](C[Se]c3ccccc3)[C@@H]([Si](C)(C)c3ccccc3)C[C@H]2O)cc1. The number of aliphatic hydroxyl groups is 1. The molecule has 0 unspecified atom stereocenters. The molecule has 3 nitrogen and oxygen atoms in total. The number of aliphatic hydroxyl groups excluding tert-OH is 1. The molecule has 0 amide bonds. The molecule has 3 aromatic rings. The molecule has 0 heterocycles. The van der Waals surface area contributed by atoms with Crippen LogP contribution < -0.4 is 9.65 Å². The van der Waals surface area contributed by atoms with Crippen LogP contribution in [0.2, 0.25) is 24.0 Å². The van der Waals surface area contributed by atoms with Crippen molar-refractivity contribution in [2.45, 2.75) is 48.3 Å². The van der Waals surface area contributed by atoms with Gasteiger partial charge in [-0.25, -0.2) is 0 Å². The third-order valence-electron chi connectivity index (χ3n) is 7.48. The van der Waals surface area contributed by atoms with Crippen LogP contribution in [0.5, 0.6) is 0 Å². The number of aryl methyl sites for hydroxylation is 1. The molecule has 0 aromatic heterocycles. The molecular weight excluding hydrogens is 523 g/mol. The fourth-order valence-electron chi connectivity index (χ4n) is 5.38. The number of hydrogen-bond acceptors (Lipinski definition) is 3. The van der Waals surface area contributed by atoms with Gasteiger partial charge in [0.05, 0.1) is 0 Å². The first-order valence-corrected chi connectivity index (χ1v) is 18.7. The fraction of sp³-hybridized carbons (Fsp3) is 0.357. The summed E-state index contributed by atoms with van der Waals surface area (Å²) in [4.78, 5) is 0.362.